The summed E-state index contributed by atoms with van der Waals surface area (Å²) in [6.45, 7) is 4.04. The molecule has 1 aliphatic heterocycles. The van der Waals surface area contributed by atoms with Gasteiger partial charge in [-0.05, 0) is 23.8 Å². The van der Waals surface area contributed by atoms with Crippen molar-refractivity contribution in [1.82, 2.24) is 4.90 Å². The highest BCUT2D eigenvalue weighted by Gasteiger charge is 2.30. The Bertz CT molecular complexity index is 934. The van der Waals surface area contributed by atoms with Gasteiger partial charge in [-0.15, -0.1) is 6.58 Å². The van der Waals surface area contributed by atoms with Crippen molar-refractivity contribution in [1.29, 1.82) is 0 Å². The highest BCUT2D eigenvalue weighted by molar-refractivity contribution is 8.14. The van der Waals surface area contributed by atoms with Crippen LogP contribution in [0.15, 0.2) is 77.9 Å². The lowest BCUT2D eigenvalue weighted by Crippen LogP contribution is -2.31. The summed E-state index contributed by atoms with van der Waals surface area (Å²) in [7, 11) is 1.60. The highest BCUT2D eigenvalue weighted by Crippen LogP contribution is 2.25. The molecule has 1 aliphatic rings. The van der Waals surface area contributed by atoms with E-state index in [2.05, 4.69) is 11.6 Å². The van der Waals surface area contributed by atoms with E-state index < -0.39 is 0 Å². The lowest BCUT2D eigenvalue weighted by Gasteiger charge is -2.15. The van der Waals surface area contributed by atoms with E-state index in [4.69, 9.17) is 4.74 Å². The largest absolute Gasteiger partial charge is 0.497 e. The van der Waals surface area contributed by atoms with Crippen LogP contribution in [0.5, 0.6) is 5.75 Å². The number of ketones is 1. The third-order valence-corrected chi connectivity index (χ3v) is 5.05. The minimum atomic E-state index is -0.203. The summed E-state index contributed by atoms with van der Waals surface area (Å²) >= 11 is 1.26. The van der Waals surface area contributed by atoms with E-state index in [1.54, 1.807) is 31.4 Å². The van der Waals surface area contributed by atoms with Crippen LogP contribution in [-0.2, 0) is 4.79 Å². The molecule has 0 unspecified atom stereocenters. The maximum absolute atomic E-state index is 12.7. The molecule has 0 spiro atoms. The third-order valence-electron chi connectivity index (χ3n) is 4.07. The SMILES string of the molecule is C=CCN1C(=O)/C(=C/c2ccc(OC)cc2)N=C1SCC(=O)c1ccccc1. The zero-order chi connectivity index (χ0) is 19.9. The predicted octanol–water partition coefficient (Wildman–Crippen LogP) is 4.04. The van der Waals surface area contributed by atoms with Gasteiger partial charge >= 0.3 is 0 Å². The molecule has 6 heteroatoms. The quantitative estimate of drug-likeness (QED) is 0.405. The molecule has 142 valence electrons. The van der Waals surface area contributed by atoms with Crippen LogP contribution in [0.4, 0.5) is 0 Å². The molecule has 2 aromatic rings. The summed E-state index contributed by atoms with van der Waals surface area (Å²) in [6.07, 6.45) is 3.37. The van der Waals surface area contributed by atoms with Crippen LogP contribution in [0.25, 0.3) is 6.08 Å². The number of hydrogen-bond donors (Lipinski definition) is 0. The van der Waals surface area contributed by atoms with Crippen LogP contribution in [-0.4, -0.2) is 41.2 Å². The Balaban J connectivity index is 1.77. The zero-order valence-corrected chi connectivity index (χ0v) is 16.3. The van der Waals surface area contributed by atoms with E-state index in [0.717, 1.165) is 11.3 Å². The van der Waals surface area contributed by atoms with E-state index in [-0.39, 0.29) is 17.4 Å². The van der Waals surface area contributed by atoms with Crippen LogP contribution >= 0.6 is 11.8 Å². The van der Waals surface area contributed by atoms with Gasteiger partial charge in [-0.1, -0.05) is 60.3 Å². The average Bonchev–Trinajstić information content (AvgIpc) is 3.02. The number of hydrogen-bond acceptors (Lipinski definition) is 5. The summed E-state index contributed by atoms with van der Waals surface area (Å²) in [5, 5.41) is 0.508. The van der Waals surface area contributed by atoms with E-state index in [9.17, 15) is 9.59 Å². The second kappa shape index (κ2) is 9.19. The fourth-order valence-electron chi connectivity index (χ4n) is 2.63. The lowest BCUT2D eigenvalue weighted by molar-refractivity contribution is -0.122. The van der Waals surface area contributed by atoms with Crippen molar-refractivity contribution in [2.24, 2.45) is 4.99 Å². The second-order valence-electron chi connectivity index (χ2n) is 5.98. The number of methoxy groups -OCH3 is 1. The van der Waals surface area contributed by atoms with Gasteiger partial charge in [0.25, 0.3) is 5.91 Å². The number of ether oxygens (including phenoxy) is 1. The average molecular weight is 392 g/mol. The molecule has 28 heavy (non-hydrogen) atoms. The molecule has 0 atom stereocenters. The Morgan fingerprint density at radius 3 is 2.54 bits per heavy atom. The maximum Gasteiger partial charge on any atom is 0.278 e. The number of Topliss-reactive ketones (excluding diaryl/α,β-unsaturated/α-hetero) is 1. The molecule has 1 heterocycles. The summed E-state index contributed by atoms with van der Waals surface area (Å²) in [6, 6.07) is 16.4. The Hall–Kier alpha value is -3.12. The molecule has 0 bridgehead atoms. The van der Waals surface area contributed by atoms with Crippen molar-refractivity contribution in [2.75, 3.05) is 19.4 Å². The number of benzene rings is 2. The van der Waals surface area contributed by atoms with Crippen molar-refractivity contribution >= 4 is 34.7 Å². The maximum atomic E-state index is 12.7. The molecule has 5 nitrogen and oxygen atoms in total. The fraction of sp³-hybridized carbons (Fsp3) is 0.136. The number of amides is 1. The second-order valence-corrected chi connectivity index (χ2v) is 6.92. The minimum absolute atomic E-state index is 0.00751. The number of nitrogens with zero attached hydrogens (tertiary/aromatic N) is 2. The van der Waals surface area contributed by atoms with Crippen molar-refractivity contribution in [3.05, 3.63) is 84.1 Å². The van der Waals surface area contributed by atoms with Gasteiger partial charge in [0.05, 0.1) is 12.9 Å². The van der Waals surface area contributed by atoms with Gasteiger partial charge < -0.3 is 4.74 Å². The molecule has 0 aliphatic carbocycles. The number of carbonyl (C=O) groups excluding carboxylic acids is 2. The van der Waals surface area contributed by atoms with Crippen molar-refractivity contribution in [3.63, 3.8) is 0 Å². The fourth-order valence-corrected chi connectivity index (χ4v) is 3.53. The third kappa shape index (κ3) is 4.58. The van der Waals surface area contributed by atoms with E-state index in [0.29, 0.717) is 23.0 Å². The molecule has 3 rings (SSSR count). The standard InChI is InChI=1S/C22H20N2O3S/c1-3-13-24-21(26)19(14-16-9-11-18(27-2)12-10-16)23-22(24)28-15-20(25)17-7-5-4-6-8-17/h3-12,14H,1,13,15H2,2H3/b19-14-. The van der Waals surface area contributed by atoms with Crippen LogP contribution < -0.4 is 4.74 Å². The van der Waals surface area contributed by atoms with Crippen molar-refractivity contribution in [2.45, 2.75) is 0 Å². The van der Waals surface area contributed by atoms with Gasteiger partial charge in [0.2, 0.25) is 0 Å². The first-order valence-corrected chi connectivity index (χ1v) is 9.69. The van der Waals surface area contributed by atoms with Crippen LogP contribution in [0, 0.1) is 0 Å². The summed E-state index contributed by atoms with van der Waals surface area (Å²) in [4.78, 5) is 31.1. The monoisotopic (exact) mass is 392 g/mol. The highest BCUT2D eigenvalue weighted by atomic mass is 32.2. The van der Waals surface area contributed by atoms with Gasteiger partial charge in [0.1, 0.15) is 11.4 Å². The topological polar surface area (TPSA) is 59.0 Å². The van der Waals surface area contributed by atoms with E-state index >= 15 is 0 Å². The minimum Gasteiger partial charge on any atom is -0.497 e. The van der Waals surface area contributed by atoms with Crippen molar-refractivity contribution in [3.8, 4) is 5.75 Å². The molecule has 0 saturated heterocycles. The lowest BCUT2D eigenvalue weighted by atomic mass is 10.2. The van der Waals surface area contributed by atoms with Gasteiger partial charge in [-0.3, -0.25) is 14.5 Å². The Morgan fingerprint density at radius 2 is 1.89 bits per heavy atom. The van der Waals surface area contributed by atoms with E-state index in [1.807, 2.05) is 42.5 Å². The smallest absolute Gasteiger partial charge is 0.278 e. The van der Waals surface area contributed by atoms with Gasteiger partial charge in [0.15, 0.2) is 11.0 Å². The Kier molecular flexibility index (Phi) is 6.45. The van der Waals surface area contributed by atoms with Crippen LogP contribution in [0.2, 0.25) is 0 Å². The first kappa shape index (κ1) is 19.6. The number of thioether (sulfide) groups is 1. The van der Waals surface area contributed by atoms with Gasteiger partial charge in [-0.25, -0.2) is 4.99 Å². The molecule has 0 fully saturated rings. The number of aliphatic imine (C=N–C) groups is 1. The molecular weight excluding hydrogens is 372 g/mol. The van der Waals surface area contributed by atoms with Crippen LogP contribution in [0.1, 0.15) is 15.9 Å². The molecule has 0 aromatic heterocycles. The number of rotatable bonds is 7. The molecule has 2 aromatic carbocycles. The van der Waals surface area contributed by atoms with Gasteiger partial charge in [-0.2, -0.15) is 0 Å². The van der Waals surface area contributed by atoms with Crippen molar-refractivity contribution < 1.29 is 14.3 Å². The first-order chi connectivity index (χ1) is 13.6. The first-order valence-electron chi connectivity index (χ1n) is 8.70. The number of carbonyl (C=O) groups is 2. The predicted molar refractivity (Wildman–Crippen MR) is 114 cm³/mol. The van der Waals surface area contributed by atoms with Crippen LogP contribution in [0.3, 0.4) is 0 Å². The Morgan fingerprint density at radius 1 is 1.18 bits per heavy atom. The molecule has 0 radical (unpaired) electrons. The molecule has 0 saturated carbocycles. The number of amidine groups is 1. The zero-order valence-electron chi connectivity index (χ0n) is 15.5. The molecule has 1 amide bonds. The molecule has 0 N–H and O–H groups in total. The molecular formula is C22H20N2O3S. The van der Waals surface area contributed by atoms with E-state index in [1.165, 1.54) is 16.7 Å². The normalized spacial score (nSPS) is 14.9. The summed E-state index contributed by atoms with van der Waals surface area (Å²) in [5.41, 5.74) is 1.82. The summed E-state index contributed by atoms with van der Waals surface area (Å²) < 4.78 is 5.15. The van der Waals surface area contributed by atoms with Gasteiger partial charge in [0, 0.05) is 12.1 Å². The Labute approximate surface area is 168 Å². The summed E-state index contributed by atoms with van der Waals surface area (Å²) in [5.74, 6) is 0.740.